The van der Waals surface area contributed by atoms with Crippen LogP contribution >= 0.6 is 15.9 Å². The molecule has 4 N–H and O–H groups in total. The van der Waals surface area contributed by atoms with E-state index in [0.29, 0.717) is 36.4 Å². The number of aliphatic hydroxyl groups is 1. The van der Waals surface area contributed by atoms with Crippen molar-refractivity contribution in [3.63, 3.8) is 0 Å². The molecule has 3 aromatic rings. The van der Waals surface area contributed by atoms with Gasteiger partial charge in [-0.1, -0.05) is 59.3 Å². The number of benzene rings is 3. The van der Waals surface area contributed by atoms with Gasteiger partial charge in [0.15, 0.2) is 13.9 Å². The molecule has 4 aliphatic rings. The lowest BCUT2D eigenvalue weighted by Crippen LogP contribution is -2.48. The molecule has 7 rings (SSSR count). The van der Waals surface area contributed by atoms with Crippen LogP contribution in [0.1, 0.15) is 48.4 Å². The number of piperidine rings is 1. The summed E-state index contributed by atoms with van der Waals surface area (Å²) in [6.07, 6.45) is 1.66. The van der Waals surface area contributed by atoms with E-state index >= 15 is 0 Å². The Morgan fingerprint density at radius 3 is 2.61 bits per heavy atom. The number of rotatable bonds is 8. The van der Waals surface area contributed by atoms with Gasteiger partial charge in [0.1, 0.15) is 0 Å². The largest absolute Gasteiger partial charge is 0.432 e. The maximum atomic E-state index is 14.9. The topological polar surface area (TPSA) is 131 Å². The first-order valence-corrected chi connectivity index (χ1v) is 21.8. The number of fused-ring (bicyclic) bond motifs is 3. The zero-order valence-corrected chi connectivity index (χ0v) is 32.0. The number of hydrogen-bond donors (Lipinski definition) is 4. The summed E-state index contributed by atoms with van der Waals surface area (Å²) in [5.41, 5.74) is 3.30. The normalized spacial score (nSPS) is 27.4. The number of amides is 3. The van der Waals surface area contributed by atoms with E-state index in [2.05, 4.69) is 26.6 Å². The Labute approximate surface area is 308 Å². The van der Waals surface area contributed by atoms with E-state index < -0.39 is 31.5 Å². The van der Waals surface area contributed by atoms with Crippen LogP contribution in [0.3, 0.4) is 0 Å². The Kier molecular flexibility index (Phi) is 10.0. The van der Waals surface area contributed by atoms with E-state index in [0.717, 1.165) is 40.5 Å². The van der Waals surface area contributed by atoms with Gasteiger partial charge in [-0.2, -0.15) is 0 Å². The molecule has 0 aromatic heterocycles. The highest BCUT2D eigenvalue weighted by Gasteiger charge is 2.66. The highest BCUT2D eigenvalue weighted by molar-refractivity contribution is 9.10. The van der Waals surface area contributed by atoms with Crippen LogP contribution in [0.15, 0.2) is 71.2 Å². The number of carbonyl (C=O) groups is 3. The fraction of sp³-hybridized carbons (Fsp3) is 0.462. The first kappa shape index (κ1) is 36.0. The third kappa shape index (κ3) is 6.70. The number of anilines is 2. The van der Waals surface area contributed by atoms with Gasteiger partial charge in [-0.15, -0.1) is 0 Å². The number of nitrogens with one attached hydrogen (secondary N) is 2. The average Bonchev–Trinajstić information content (AvgIpc) is 3.53. The molecule has 0 saturated carbocycles. The molecule has 51 heavy (non-hydrogen) atoms. The van der Waals surface area contributed by atoms with Crippen LogP contribution in [0.25, 0.3) is 0 Å². The second-order valence-corrected chi connectivity index (χ2v) is 20.1. The molecule has 1 unspecified atom stereocenters. The van der Waals surface area contributed by atoms with Crippen molar-refractivity contribution in [3.8, 4) is 0 Å². The molecule has 3 amide bonds. The van der Waals surface area contributed by atoms with E-state index in [1.165, 1.54) is 0 Å². The van der Waals surface area contributed by atoms with Crippen LogP contribution < -0.4 is 15.5 Å². The lowest BCUT2D eigenvalue weighted by atomic mass is 9.82. The predicted molar refractivity (Wildman–Crippen MR) is 201 cm³/mol. The van der Waals surface area contributed by atoms with Crippen LogP contribution in [0.5, 0.6) is 0 Å². The van der Waals surface area contributed by atoms with Crippen LogP contribution in [0, 0.1) is 11.8 Å². The van der Waals surface area contributed by atoms with Gasteiger partial charge in [0.2, 0.25) is 11.8 Å². The van der Waals surface area contributed by atoms with Crippen LogP contribution in [-0.2, 0) is 44.2 Å². The summed E-state index contributed by atoms with van der Waals surface area (Å²) in [6, 6.07) is 20.9. The van der Waals surface area contributed by atoms with Gasteiger partial charge < -0.3 is 35.1 Å². The molecule has 2 fully saturated rings. The van der Waals surface area contributed by atoms with E-state index in [4.69, 9.17) is 4.74 Å². The molecule has 1 spiro atoms. The highest BCUT2D eigenvalue weighted by atomic mass is 79.9. The summed E-state index contributed by atoms with van der Waals surface area (Å²) < 4.78 is 7.75. The van der Waals surface area contributed by atoms with Crippen molar-refractivity contribution < 1.29 is 29.0 Å². The van der Waals surface area contributed by atoms with Gasteiger partial charge in [-0.05, 0) is 85.9 Å². The molecule has 10 nitrogen and oxygen atoms in total. The smallest absolute Gasteiger partial charge is 0.264 e. The summed E-state index contributed by atoms with van der Waals surface area (Å²) in [6.45, 7) is 7.74. The SMILES string of the molecule is C[C@@H]1[C@@H]([Si](C)(C)O)[C@H](CC(=O)N2Cc3ccccc3C[C@H]2CO)O[C@@]12C(=O)N(Cc1cccc(NC(=O)C3CCCNC3)c1)c1ccc(Br)cc12. The first-order chi connectivity index (χ1) is 24.4. The minimum atomic E-state index is -3.01. The van der Waals surface area contributed by atoms with Gasteiger partial charge in [0.05, 0.1) is 43.3 Å². The molecule has 12 heteroatoms. The fourth-order valence-corrected chi connectivity index (χ4v) is 11.9. The molecule has 6 atom stereocenters. The summed E-state index contributed by atoms with van der Waals surface area (Å²) in [4.78, 5) is 57.3. The number of hydrogen-bond acceptors (Lipinski definition) is 7. The minimum absolute atomic E-state index is 0.0126. The molecule has 270 valence electrons. The molecule has 0 radical (unpaired) electrons. The van der Waals surface area contributed by atoms with Crippen molar-refractivity contribution in [2.75, 3.05) is 29.9 Å². The van der Waals surface area contributed by atoms with Gasteiger partial charge in [-0.3, -0.25) is 14.4 Å². The fourth-order valence-electron chi connectivity index (χ4n) is 8.99. The predicted octanol–water partition coefficient (Wildman–Crippen LogP) is 5.07. The van der Waals surface area contributed by atoms with Crippen molar-refractivity contribution in [2.24, 2.45) is 11.8 Å². The molecule has 0 aliphatic carbocycles. The number of ether oxygens (including phenoxy) is 1. The Bertz CT molecular complexity index is 1830. The second-order valence-electron chi connectivity index (χ2n) is 15.2. The van der Waals surface area contributed by atoms with Crippen LogP contribution in [0.2, 0.25) is 18.6 Å². The van der Waals surface area contributed by atoms with Crippen molar-refractivity contribution in [1.29, 1.82) is 0 Å². The lowest BCUT2D eigenvalue weighted by Gasteiger charge is -2.37. The summed E-state index contributed by atoms with van der Waals surface area (Å²) in [7, 11) is -3.01. The second kappa shape index (κ2) is 14.2. The Hall–Kier alpha value is -3.39. The third-order valence-electron chi connectivity index (χ3n) is 11.4. The van der Waals surface area contributed by atoms with Gasteiger partial charge >= 0.3 is 0 Å². The van der Waals surface area contributed by atoms with E-state index in [9.17, 15) is 24.3 Å². The van der Waals surface area contributed by atoms with Gasteiger partial charge in [0.25, 0.3) is 5.91 Å². The van der Waals surface area contributed by atoms with Crippen molar-refractivity contribution in [1.82, 2.24) is 10.2 Å². The quantitative estimate of drug-likeness (QED) is 0.235. The first-order valence-electron chi connectivity index (χ1n) is 18.0. The number of aliphatic hydroxyl groups excluding tert-OH is 1. The van der Waals surface area contributed by atoms with E-state index in [1.807, 2.05) is 86.7 Å². The summed E-state index contributed by atoms with van der Waals surface area (Å²) in [5, 5.41) is 16.7. The zero-order chi connectivity index (χ0) is 36.1. The Morgan fingerprint density at radius 2 is 1.88 bits per heavy atom. The number of nitrogens with zero attached hydrogens (tertiary/aromatic N) is 2. The molecule has 2 saturated heterocycles. The van der Waals surface area contributed by atoms with Gasteiger partial charge in [-0.25, -0.2) is 0 Å². The molecule has 4 heterocycles. The van der Waals surface area contributed by atoms with Crippen molar-refractivity contribution in [3.05, 3.63) is 93.5 Å². The van der Waals surface area contributed by atoms with Gasteiger partial charge in [0, 0.05) is 40.3 Å². The monoisotopic (exact) mass is 774 g/mol. The molecule has 4 aliphatic heterocycles. The van der Waals surface area contributed by atoms with Crippen molar-refractivity contribution >= 4 is 53.3 Å². The molecular formula is C39H47BrN4O6Si. The molecule has 0 bridgehead atoms. The van der Waals surface area contributed by atoms with Crippen LogP contribution in [-0.4, -0.2) is 72.7 Å². The lowest BCUT2D eigenvalue weighted by molar-refractivity contribution is -0.151. The number of carbonyl (C=O) groups excluding carboxylic acids is 3. The Morgan fingerprint density at radius 1 is 1.10 bits per heavy atom. The third-order valence-corrected chi connectivity index (χ3v) is 14.4. The summed E-state index contributed by atoms with van der Waals surface area (Å²) >= 11 is 3.62. The average molecular weight is 776 g/mol. The standard InChI is InChI=1S/C39H47BrN4O6Si/c1-24-36(51(2,3)49)34(19-35(46)43-22-28-10-5-4-9-26(28)17-31(43)23-45)50-39(24)32-18-29(40)13-14-33(32)44(38(39)48)21-25-8-6-12-30(16-25)42-37(47)27-11-7-15-41-20-27/h4-6,8-10,12-14,16,18,24,27,31,34,36,41,45,49H,7,11,15,17,19-23H2,1-3H3,(H,42,47)/t24-,27?,31+,34+,36-,39+/m1/s1. The van der Waals surface area contributed by atoms with E-state index in [1.54, 1.807) is 9.80 Å². The Balaban J connectivity index is 1.17. The summed E-state index contributed by atoms with van der Waals surface area (Å²) in [5.74, 6) is -0.927. The maximum Gasteiger partial charge on any atom is 0.264 e. The van der Waals surface area contributed by atoms with Crippen molar-refractivity contribution in [2.45, 2.75) is 82.1 Å². The van der Waals surface area contributed by atoms with E-state index in [-0.39, 0.29) is 49.3 Å². The molecule has 3 aromatic carbocycles. The van der Waals surface area contributed by atoms with Crippen LogP contribution in [0.4, 0.5) is 11.4 Å². The molecular weight excluding hydrogens is 728 g/mol. The minimum Gasteiger partial charge on any atom is -0.432 e. The zero-order valence-electron chi connectivity index (χ0n) is 29.4. The highest BCUT2D eigenvalue weighted by Crippen LogP contribution is 2.60. The number of halogens is 1. The maximum absolute atomic E-state index is 14.9.